The first-order chi connectivity index (χ1) is 2.77. The van der Waals surface area contributed by atoms with E-state index in [2.05, 4.69) is 6.92 Å². The first kappa shape index (κ1) is 5.34. The van der Waals surface area contributed by atoms with Crippen molar-refractivity contribution in [1.29, 1.82) is 0 Å². The van der Waals surface area contributed by atoms with E-state index in [0.29, 0.717) is 0 Å². The molecular formula is C4H4O2. The summed E-state index contributed by atoms with van der Waals surface area (Å²) in [5.74, 6) is -0.384. The Bertz CT molecular complexity index is 65.9. The summed E-state index contributed by atoms with van der Waals surface area (Å²) >= 11 is 0. The largest absolute Gasteiger partial charge is 0.299 e. The van der Waals surface area contributed by atoms with Gasteiger partial charge in [0.2, 0.25) is 6.29 Å². The van der Waals surface area contributed by atoms with E-state index in [1.807, 2.05) is 0 Å². The van der Waals surface area contributed by atoms with Crippen LogP contribution in [0.25, 0.3) is 0 Å². The lowest BCUT2D eigenvalue weighted by molar-refractivity contribution is -0.113. The molecule has 0 bridgehead atoms. The lowest BCUT2D eigenvalue weighted by atomic mass is 10.3. The van der Waals surface area contributed by atoms with Gasteiger partial charge >= 0.3 is 0 Å². The van der Waals surface area contributed by atoms with Crippen LogP contribution in [0, 0.1) is 6.92 Å². The van der Waals surface area contributed by atoms with Gasteiger partial charge in [-0.05, 0) is 0 Å². The van der Waals surface area contributed by atoms with Gasteiger partial charge in [0.25, 0.3) is 0 Å². The number of Topliss-reactive ketones (excluding diaryl/α,β-unsaturated/α-hetero) is 1. The predicted octanol–water partition coefficient (Wildman–Crippen LogP) is -0.111. The summed E-state index contributed by atoms with van der Waals surface area (Å²) in [5.41, 5.74) is 0. The van der Waals surface area contributed by atoms with Crippen molar-refractivity contribution in [2.24, 2.45) is 0 Å². The molecule has 0 fully saturated rings. The molecule has 0 heterocycles. The maximum absolute atomic E-state index is 9.67. The second-order valence-electron chi connectivity index (χ2n) is 0.860. The monoisotopic (exact) mass is 84.0 g/mol. The summed E-state index contributed by atoms with van der Waals surface area (Å²) in [6, 6.07) is 0. The summed E-state index contributed by atoms with van der Waals surface area (Å²) in [4.78, 5) is 18.9. The van der Waals surface area contributed by atoms with Crippen LogP contribution in [0.3, 0.4) is 0 Å². The molecule has 0 unspecified atom stereocenters. The number of ketones is 1. The van der Waals surface area contributed by atoms with Gasteiger partial charge in [-0.1, -0.05) is 0 Å². The molecule has 0 aliphatic carbocycles. The summed E-state index contributed by atoms with van der Waals surface area (Å²) in [6.07, 6.45) is 1.22. The van der Waals surface area contributed by atoms with E-state index in [9.17, 15) is 9.59 Å². The zero-order valence-electron chi connectivity index (χ0n) is 3.23. The molecule has 0 aromatic carbocycles. The number of hydrogen-bond acceptors (Lipinski definition) is 2. The van der Waals surface area contributed by atoms with Crippen molar-refractivity contribution in [3.05, 3.63) is 6.92 Å². The predicted molar refractivity (Wildman–Crippen MR) is 20.7 cm³/mol. The molecule has 2 nitrogen and oxygen atoms in total. The van der Waals surface area contributed by atoms with Gasteiger partial charge in [0.1, 0.15) is 5.78 Å². The molecule has 0 aliphatic heterocycles. The van der Waals surface area contributed by atoms with Crippen molar-refractivity contribution >= 4 is 12.1 Å². The standard InChI is InChI=1S/C4H4O2/c1-4(6)2-3-5/h1-2H2. The van der Waals surface area contributed by atoms with Crippen molar-refractivity contribution in [1.82, 2.24) is 0 Å². The molecule has 2 radical (unpaired) electrons. The van der Waals surface area contributed by atoms with E-state index < -0.39 is 0 Å². The van der Waals surface area contributed by atoms with Gasteiger partial charge in [-0.25, -0.2) is 0 Å². The van der Waals surface area contributed by atoms with Gasteiger partial charge in [0.15, 0.2) is 0 Å². The molecule has 0 atom stereocenters. The van der Waals surface area contributed by atoms with Crippen LogP contribution >= 0.6 is 0 Å². The third-order valence-corrected chi connectivity index (χ3v) is 0.269. The average Bonchev–Trinajstić information content (AvgIpc) is 1.35. The first-order valence-electron chi connectivity index (χ1n) is 1.47. The smallest absolute Gasteiger partial charge is 0.206 e. The third-order valence-electron chi connectivity index (χ3n) is 0.269. The number of rotatable bonds is 2. The molecule has 0 spiro atoms. The van der Waals surface area contributed by atoms with Gasteiger partial charge in [-0.3, -0.25) is 9.59 Å². The quantitative estimate of drug-likeness (QED) is 0.437. The van der Waals surface area contributed by atoms with Gasteiger partial charge in [-0.15, -0.1) is 0 Å². The fraction of sp³-hybridized carbons (Fsp3) is 0.250. The van der Waals surface area contributed by atoms with Crippen LogP contribution in [0.15, 0.2) is 0 Å². The second-order valence-corrected chi connectivity index (χ2v) is 0.860. The van der Waals surface area contributed by atoms with Crippen molar-refractivity contribution < 1.29 is 9.59 Å². The molecule has 0 aromatic rings. The Morgan fingerprint density at radius 3 is 2.33 bits per heavy atom. The normalized spacial score (nSPS) is 7.50. The van der Waals surface area contributed by atoms with Gasteiger partial charge in [-0.2, -0.15) is 0 Å². The summed E-state index contributed by atoms with van der Waals surface area (Å²) in [5, 5.41) is 0. The Morgan fingerprint density at radius 1 is 1.83 bits per heavy atom. The van der Waals surface area contributed by atoms with Crippen molar-refractivity contribution in [2.45, 2.75) is 6.42 Å². The van der Waals surface area contributed by atoms with Gasteiger partial charge < -0.3 is 0 Å². The summed E-state index contributed by atoms with van der Waals surface area (Å²) in [7, 11) is 0. The van der Waals surface area contributed by atoms with Crippen molar-refractivity contribution in [3.63, 3.8) is 0 Å². The zero-order valence-corrected chi connectivity index (χ0v) is 3.23. The third kappa shape index (κ3) is 3.34. The maximum atomic E-state index is 9.67. The topological polar surface area (TPSA) is 34.1 Å². The number of carbonyl (C=O) groups excluding carboxylic acids is 2. The van der Waals surface area contributed by atoms with Crippen molar-refractivity contribution in [3.8, 4) is 0 Å². The Kier molecular flexibility index (Phi) is 2.29. The van der Waals surface area contributed by atoms with E-state index in [-0.39, 0.29) is 12.2 Å². The first-order valence-corrected chi connectivity index (χ1v) is 1.47. The number of hydrogen-bond donors (Lipinski definition) is 0. The fourth-order valence-electron chi connectivity index (χ4n) is 0.0805. The van der Waals surface area contributed by atoms with Crippen LogP contribution in [0.5, 0.6) is 0 Å². The zero-order chi connectivity index (χ0) is 4.99. The molecule has 0 rings (SSSR count). The molecule has 0 aliphatic rings. The molecule has 2 heteroatoms. The highest BCUT2D eigenvalue weighted by Gasteiger charge is 1.85. The minimum Gasteiger partial charge on any atom is -0.299 e. The van der Waals surface area contributed by atoms with Gasteiger partial charge in [0.05, 0.1) is 6.42 Å². The van der Waals surface area contributed by atoms with Crippen LogP contribution in [0.1, 0.15) is 6.42 Å². The molecular weight excluding hydrogens is 80.0 g/mol. The molecule has 0 amide bonds. The fourth-order valence-corrected chi connectivity index (χ4v) is 0.0805. The van der Waals surface area contributed by atoms with Crippen LogP contribution in [-0.2, 0) is 9.59 Å². The number of carbonyl (C=O) groups is 1. The summed E-state index contributed by atoms with van der Waals surface area (Å²) < 4.78 is 0. The highest BCUT2D eigenvalue weighted by molar-refractivity contribution is 5.92. The maximum Gasteiger partial charge on any atom is 0.206 e. The lowest BCUT2D eigenvalue weighted by Crippen LogP contribution is -1.87. The van der Waals surface area contributed by atoms with E-state index in [1.165, 1.54) is 6.29 Å². The van der Waals surface area contributed by atoms with E-state index in [4.69, 9.17) is 0 Å². The van der Waals surface area contributed by atoms with E-state index >= 15 is 0 Å². The lowest BCUT2D eigenvalue weighted by Gasteiger charge is -1.69. The molecule has 0 N–H and O–H groups in total. The SMILES string of the molecule is [CH2]C(=O)C[C]=O. The van der Waals surface area contributed by atoms with E-state index in [0.717, 1.165) is 0 Å². The van der Waals surface area contributed by atoms with Crippen LogP contribution in [-0.4, -0.2) is 12.1 Å². The van der Waals surface area contributed by atoms with Crippen LogP contribution in [0.2, 0.25) is 0 Å². The highest BCUT2D eigenvalue weighted by Crippen LogP contribution is 1.68. The van der Waals surface area contributed by atoms with Crippen molar-refractivity contribution in [2.75, 3.05) is 0 Å². The molecule has 6 heavy (non-hydrogen) atoms. The second kappa shape index (κ2) is 2.57. The van der Waals surface area contributed by atoms with Gasteiger partial charge in [0, 0.05) is 6.92 Å². The van der Waals surface area contributed by atoms with Crippen LogP contribution < -0.4 is 0 Å². The Hall–Kier alpha value is -0.660. The minimum absolute atomic E-state index is 0.181. The Balaban J connectivity index is 3.05. The molecule has 0 saturated heterocycles. The summed E-state index contributed by atoms with van der Waals surface area (Å²) in [6.45, 7) is 2.93. The van der Waals surface area contributed by atoms with E-state index in [1.54, 1.807) is 0 Å². The minimum atomic E-state index is -0.384. The molecule has 32 valence electrons. The Labute approximate surface area is 36.2 Å². The highest BCUT2D eigenvalue weighted by atomic mass is 16.1. The van der Waals surface area contributed by atoms with Crippen LogP contribution in [0.4, 0.5) is 0 Å². The molecule has 0 saturated carbocycles. The Morgan fingerprint density at radius 2 is 2.33 bits per heavy atom. The molecule has 0 aromatic heterocycles. The average molecular weight is 84.1 g/mol.